The summed E-state index contributed by atoms with van der Waals surface area (Å²) in [5, 5.41) is 0. The maximum Gasteiger partial charge on any atom is 0.163 e. The maximum absolute atomic E-state index is 13.0. The molecular formula is C15H14FNO. The largest absolute Gasteiger partial charge is 0.399 e. The summed E-state index contributed by atoms with van der Waals surface area (Å²) < 4.78 is 13.0. The van der Waals surface area contributed by atoms with Crippen LogP contribution in [0.1, 0.15) is 22.3 Å². The van der Waals surface area contributed by atoms with Crippen molar-refractivity contribution in [2.45, 2.75) is 12.8 Å². The number of rotatable bonds is 4. The molecule has 0 aliphatic carbocycles. The molecule has 3 heteroatoms. The summed E-state index contributed by atoms with van der Waals surface area (Å²) in [5.74, 6) is -0.431. The standard InChI is InChI=1S/C15H14FNO/c16-13-3-1-2-12(10-13)15(18)9-6-11-4-7-14(17)8-5-11/h1-5,7-8,10H,6,9,17H2. The van der Waals surface area contributed by atoms with E-state index in [1.807, 2.05) is 24.3 Å². The molecule has 0 heterocycles. The smallest absolute Gasteiger partial charge is 0.163 e. The number of aryl methyl sites for hydroxylation is 1. The van der Waals surface area contributed by atoms with E-state index in [9.17, 15) is 9.18 Å². The van der Waals surface area contributed by atoms with Gasteiger partial charge in [-0.15, -0.1) is 0 Å². The molecule has 2 aromatic rings. The van der Waals surface area contributed by atoms with Gasteiger partial charge in [-0.05, 0) is 36.2 Å². The Morgan fingerprint density at radius 2 is 1.83 bits per heavy atom. The average molecular weight is 243 g/mol. The van der Waals surface area contributed by atoms with Crippen molar-refractivity contribution in [3.8, 4) is 0 Å². The van der Waals surface area contributed by atoms with Crippen LogP contribution in [0.5, 0.6) is 0 Å². The van der Waals surface area contributed by atoms with Gasteiger partial charge in [0.05, 0.1) is 0 Å². The first-order valence-corrected chi connectivity index (χ1v) is 5.78. The summed E-state index contributed by atoms with van der Waals surface area (Å²) >= 11 is 0. The van der Waals surface area contributed by atoms with Gasteiger partial charge in [-0.1, -0.05) is 24.3 Å². The number of nitrogen functional groups attached to an aromatic ring is 1. The maximum atomic E-state index is 13.0. The fourth-order valence-electron chi connectivity index (χ4n) is 1.75. The second-order valence-corrected chi connectivity index (χ2v) is 4.18. The van der Waals surface area contributed by atoms with Crippen molar-refractivity contribution in [3.05, 3.63) is 65.5 Å². The molecule has 0 unspecified atom stereocenters. The van der Waals surface area contributed by atoms with Crippen LogP contribution in [-0.4, -0.2) is 5.78 Å². The first-order chi connectivity index (χ1) is 8.65. The molecule has 0 aliphatic heterocycles. The zero-order chi connectivity index (χ0) is 13.0. The molecule has 0 spiro atoms. The van der Waals surface area contributed by atoms with Gasteiger partial charge in [-0.25, -0.2) is 4.39 Å². The quantitative estimate of drug-likeness (QED) is 0.661. The highest BCUT2D eigenvalue weighted by molar-refractivity contribution is 5.96. The van der Waals surface area contributed by atoms with Gasteiger partial charge in [0, 0.05) is 17.7 Å². The Bertz CT molecular complexity index is 549. The van der Waals surface area contributed by atoms with E-state index in [1.165, 1.54) is 12.1 Å². The van der Waals surface area contributed by atoms with Gasteiger partial charge in [0.1, 0.15) is 5.82 Å². The number of benzene rings is 2. The number of hydrogen-bond acceptors (Lipinski definition) is 2. The Morgan fingerprint density at radius 3 is 2.50 bits per heavy atom. The van der Waals surface area contributed by atoms with Crippen molar-refractivity contribution in [2.75, 3.05) is 5.73 Å². The molecule has 18 heavy (non-hydrogen) atoms. The number of anilines is 1. The van der Waals surface area contributed by atoms with Crippen LogP contribution in [0.25, 0.3) is 0 Å². The van der Waals surface area contributed by atoms with Gasteiger partial charge in [0.15, 0.2) is 5.78 Å². The molecule has 0 aromatic heterocycles. The van der Waals surface area contributed by atoms with Crippen molar-refractivity contribution in [1.29, 1.82) is 0 Å². The molecule has 92 valence electrons. The summed E-state index contributed by atoms with van der Waals surface area (Å²) in [5.41, 5.74) is 7.76. The van der Waals surface area contributed by atoms with Gasteiger partial charge in [-0.3, -0.25) is 4.79 Å². The number of Topliss-reactive ketones (excluding diaryl/α,β-unsaturated/α-hetero) is 1. The lowest BCUT2D eigenvalue weighted by molar-refractivity contribution is 0.0982. The zero-order valence-corrected chi connectivity index (χ0v) is 9.90. The monoisotopic (exact) mass is 243 g/mol. The van der Waals surface area contributed by atoms with Crippen molar-refractivity contribution in [3.63, 3.8) is 0 Å². The van der Waals surface area contributed by atoms with Crippen LogP contribution < -0.4 is 5.73 Å². The third-order valence-corrected chi connectivity index (χ3v) is 2.77. The third-order valence-electron chi connectivity index (χ3n) is 2.77. The van der Waals surface area contributed by atoms with E-state index in [0.717, 1.165) is 5.56 Å². The molecular weight excluding hydrogens is 229 g/mol. The lowest BCUT2D eigenvalue weighted by Gasteiger charge is -2.02. The fourth-order valence-corrected chi connectivity index (χ4v) is 1.75. The molecule has 0 aliphatic rings. The van der Waals surface area contributed by atoms with Gasteiger partial charge in [0.25, 0.3) is 0 Å². The SMILES string of the molecule is Nc1ccc(CCC(=O)c2cccc(F)c2)cc1. The number of carbonyl (C=O) groups excluding carboxylic acids is 1. The zero-order valence-electron chi connectivity index (χ0n) is 9.90. The van der Waals surface area contributed by atoms with Gasteiger partial charge < -0.3 is 5.73 Å². The van der Waals surface area contributed by atoms with Crippen molar-refractivity contribution < 1.29 is 9.18 Å². The minimum atomic E-state index is -0.381. The highest BCUT2D eigenvalue weighted by Gasteiger charge is 2.06. The number of carbonyl (C=O) groups is 1. The van der Waals surface area contributed by atoms with Crippen molar-refractivity contribution >= 4 is 11.5 Å². The molecule has 2 rings (SSSR count). The van der Waals surface area contributed by atoms with Crippen LogP contribution in [0, 0.1) is 5.82 Å². The second kappa shape index (κ2) is 5.45. The summed E-state index contributed by atoms with van der Waals surface area (Å²) in [4.78, 5) is 11.8. The normalized spacial score (nSPS) is 10.3. The Kier molecular flexibility index (Phi) is 3.72. The van der Waals surface area contributed by atoms with Crippen molar-refractivity contribution in [2.24, 2.45) is 0 Å². The fraction of sp³-hybridized carbons (Fsp3) is 0.133. The molecule has 0 atom stereocenters. The molecule has 0 bridgehead atoms. The number of ketones is 1. The van der Waals surface area contributed by atoms with Gasteiger partial charge in [0.2, 0.25) is 0 Å². The topological polar surface area (TPSA) is 43.1 Å². The lowest BCUT2D eigenvalue weighted by Crippen LogP contribution is -2.01. The first kappa shape index (κ1) is 12.3. The van der Waals surface area contributed by atoms with Gasteiger partial charge >= 0.3 is 0 Å². The highest BCUT2D eigenvalue weighted by atomic mass is 19.1. The summed E-state index contributed by atoms with van der Waals surface area (Å²) in [6.07, 6.45) is 1.00. The summed E-state index contributed by atoms with van der Waals surface area (Å²) in [6, 6.07) is 13.2. The Hall–Kier alpha value is -2.16. The minimum Gasteiger partial charge on any atom is -0.399 e. The highest BCUT2D eigenvalue weighted by Crippen LogP contribution is 2.11. The van der Waals surface area contributed by atoms with Gasteiger partial charge in [-0.2, -0.15) is 0 Å². The van der Waals surface area contributed by atoms with Crippen LogP contribution in [0.4, 0.5) is 10.1 Å². The molecule has 0 amide bonds. The van der Waals surface area contributed by atoms with E-state index in [2.05, 4.69) is 0 Å². The molecule has 0 radical (unpaired) electrons. The van der Waals surface area contributed by atoms with Crippen LogP contribution in [0.3, 0.4) is 0 Å². The van der Waals surface area contributed by atoms with E-state index in [-0.39, 0.29) is 11.6 Å². The van der Waals surface area contributed by atoms with E-state index in [1.54, 1.807) is 12.1 Å². The van der Waals surface area contributed by atoms with E-state index in [0.29, 0.717) is 24.1 Å². The van der Waals surface area contributed by atoms with Crippen LogP contribution in [-0.2, 0) is 6.42 Å². The van der Waals surface area contributed by atoms with Crippen LogP contribution in [0.15, 0.2) is 48.5 Å². The van der Waals surface area contributed by atoms with Crippen LogP contribution >= 0.6 is 0 Å². The lowest BCUT2D eigenvalue weighted by atomic mass is 10.0. The van der Waals surface area contributed by atoms with E-state index < -0.39 is 0 Å². The Morgan fingerprint density at radius 1 is 1.11 bits per heavy atom. The minimum absolute atomic E-state index is 0.0497. The molecule has 0 saturated heterocycles. The summed E-state index contributed by atoms with van der Waals surface area (Å²) in [7, 11) is 0. The predicted molar refractivity (Wildman–Crippen MR) is 69.9 cm³/mol. The molecule has 0 fully saturated rings. The number of nitrogens with two attached hydrogens (primary N) is 1. The molecule has 0 saturated carbocycles. The van der Waals surface area contributed by atoms with Crippen LogP contribution in [0.2, 0.25) is 0 Å². The molecule has 2 nitrogen and oxygen atoms in total. The Balaban J connectivity index is 1.98. The molecule has 2 N–H and O–H groups in total. The van der Waals surface area contributed by atoms with E-state index in [4.69, 9.17) is 5.73 Å². The van der Waals surface area contributed by atoms with E-state index >= 15 is 0 Å². The Labute approximate surface area is 105 Å². The number of hydrogen-bond donors (Lipinski definition) is 1. The molecule has 2 aromatic carbocycles. The van der Waals surface area contributed by atoms with Crippen molar-refractivity contribution in [1.82, 2.24) is 0 Å². The predicted octanol–water partition coefficient (Wildman–Crippen LogP) is 3.22. The second-order valence-electron chi connectivity index (χ2n) is 4.18. The first-order valence-electron chi connectivity index (χ1n) is 5.78. The number of halogens is 1. The third kappa shape index (κ3) is 3.17. The average Bonchev–Trinajstić information content (AvgIpc) is 2.38. The summed E-state index contributed by atoms with van der Waals surface area (Å²) in [6.45, 7) is 0.